The molecule has 7 nitrogen and oxygen atoms in total. The van der Waals surface area contributed by atoms with Gasteiger partial charge in [0.05, 0.1) is 12.3 Å². The van der Waals surface area contributed by atoms with Gasteiger partial charge >= 0.3 is 0 Å². The van der Waals surface area contributed by atoms with Gasteiger partial charge < -0.3 is 21.1 Å². The maximum Gasteiger partial charge on any atom is 0.222 e. The molecule has 0 amide bonds. The summed E-state index contributed by atoms with van der Waals surface area (Å²) in [5, 5.41) is 9.34. The van der Waals surface area contributed by atoms with Crippen molar-refractivity contribution in [1.29, 1.82) is 5.26 Å². The fourth-order valence-electron chi connectivity index (χ4n) is 3.36. The number of hydrogen-bond acceptors (Lipinski definition) is 7. The van der Waals surface area contributed by atoms with Crippen molar-refractivity contribution in [2.45, 2.75) is 32.1 Å². The van der Waals surface area contributed by atoms with Crippen molar-refractivity contribution in [2.24, 2.45) is 0 Å². The number of anilines is 2. The summed E-state index contributed by atoms with van der Waals surface area (Å²) in [5.41, 5.74) is 12.9. The number of ether oxygens (including phenoxy) is 1. The number of benzene rings is 1. The van der Waals surface area contributed by atoms with Gasteiger partial charge in [-0.1, -0.05) is 18.6 Å². The molecule has 0 unspecified atom stereocenters. The predicted molar refractivity (Wildman–Crippen MR) is 106 cm³/mol. The molecule has 1 aromatic carbocycles. The van der Waals surface area contributed by atoms with E-state index in [1.807, 2.05) is 30.3 Å². The lowest BCUT2D eigenvalue weighted by Crippen LogP contribution is -2.30. The van der Waals surface area contributed by atoms with E-state index in [0.717, 1.165) is 30.7 Å². The first kappa shape index (κ1) is 18.9. The van der Waals surface area contributed by atoms with Crippen LogP contribution in [0.3, 0.4) is 0 Å². The Hall–Kier alpha value is -2.85. The molecule has 1 aromatic heterocycles. The van der Waals surface area contributed by atoms with Gasteiger partial charge in [0.25, 0.3) is 0 Å². The number of rotatable bonds is 7. The molecule has 0 radical (unpaired) electrons. The van der Waals surface area contributed by atoms with Gasteiger partial charge in [0.2, 0.25) is 5.95 Å². The summed E-state index contributed by atoms with van der Waals surface area (Å²) in [6.45, 7) is 4.27. The molecule has 4 N–H and O–H groups in total. The number of nitriles is 1. The Bertz CT molecular complexity index is 811. The molecule has 1 aliphatic rings. The van der Waals surface area contributed by atoms with Crippen molar-refractivity contribution < 1.29 is 4.74 Å². The summed E-state index contributed by atoms with van der Waals surface area (Å²) >= 11 is 0. The maximum atomic E-state index is 9.34. The third-order valence-corrected chi connectivity index (χ3v) is 4.76. The second-order valence-electron chi connectivity index (χ2n) is 6.79. The molecule has 0 atom stereocenters. The molecule has 27 heavy (non-hydrogen) atoms. The van der Waals surface area contributed by atoms with E-state index in [-0.39, 0.29) is 17.3 Å². The van der Waals surface area contributed by atoms with Gasteiger partial charge in [-0.05, 0) is 57.5 Å². The maximum absolute atomic E-state index is 9.34. The van der Waals surface area contributed by atoms with Gasteiger partial charge in [-0.2, -0.15) is 10.2 Å². The normalized spacial score (nSPS) is 14.6. The highest BCUT2D eigenvalue weighted by molar-refractivity contribution is 5.73. The van der Waals surface area contributed by atoms with Gasteiger partial charge in [-0.25, -0.2) is 4.98 Å². The summed E-state index contributed by atoms with van der Waals surface area (Å²) in [5.74, 6) is 0.875. The van der Waals surface area contributed by atoms with Gasteiger partial charge in [0, 0.05) is 5.56 Å². The lowest BCUT2D eigenvalue weighted by atomic mass is 10.1. The van der Waals surface area contributed by atoms with Crippen LogP contribution in [0.4, 0.5) is 11.8 Å². The monoisotopic (exact) mass is 366 g/mol. The number of nitrogen functional groups attached to an aromatic ring is 2. The van der Waals surface area contributed by atoms with E-state index in [1.54, 1.807) is 0 Å². The first-order valence-corrected chi connectivity index (χ1v) is 9.46. The Morgan fingerprint density at radius 1 is 1.11 bits per heavy atom. The van der Waals surface area contributed by atoms with Gasteiger partial charge in [-0.15, -0.1) is 0 Å². The summed E-state index contributed by atoms with van der Waals surface area (Å²) in [7, 11) is 0. The molecule has 1 fully saturated rings. The molecule has 3 rings (SSSR count). The topological polar surface area (TPSA) is 114 Å². The first-order chi connectivity index (χ1) is 13.2. The fourth-order valence-corrected chi connectivity index (χ4v) is 3.36. The molecule has 1 saturated heterocycles. The molecular weight excluding hydrogens is 340 g/mol. The van der Waals surface area contributed by atoms with Crippen LogP contribution in [0.1, 0.15) is 37.7 Å². The Labute approximate surface area is 160 Å². The van der Waals surface area contributed by atoms with Crippen LogP contribution in [-0.2, 0) is 0 Å². The Morgan fingerprint density at radius 3 is 2.70 bits per heavy atom. The zero-order valence-electron chi connectivity index (χ0n) is 15.5. The third-order valence-electron chi connectivity index (χ3n) is 4.76. The summed E-state index contributed by atoms with van der Waals surface area (Å²) in [6.07, 6.45) is 6.17. The largest absolute Gasteiger partial charge is 0.494 e. The van der Waals surface area contributed by atoms with Crippen molar-refractivity contribution >= 4 is 11.8 Å². The van der Waals surface area contributed by atoms with Gasteiger partial charge in [0.15, 0.2) is 0 Å². The number of likely N-dealkylation sites (tertiary alicyclic amines) is 1. The van der Waals surface area contributed by atoms with Crippen LogP contribution in [0.5, 0.6) is 5.75 Å². The highest BCUT2D eigenvalue weighted by Crippen LogP contribution is 2.28. The summed E-state index contributed by atoms with van der Waals surface area (Å²) < 4.78 is 5.88. The molecule has 1 aliphatic heterocycles. The quantitative estimate of drug-likeness (QED) is 0.724. The predicted octanol–water partition coefficient (Wildman–Crippen LogP) is 2.82. The van der Waals surface area contributed by atoms with Crippen molar-refractivity contribution in [3.8, 4) is 23.1 Å². The van der Waals surface area contributed by atoms with Crippen molar-refractivity contribution in [1.82, 2.24) is 14.9 Å². The lowest BCUT2D eigenvalue weighted by Gasteiger charge is -2.26. The van der Waals surface area contributed by atoms with Crippen LogP contribution in [0.15, 0.2) is 24.3 Å². The van der Waals surface area contributed by atoms with Crippen molar-refractivity contribution in [3.05, 3.63) is 29.8 Å². The Balaban J connectivity index is 1.57. The van der Waals surface area contributed by atoms with Gasteiger partial charge in [-0.3, -0.25) is 0 Å². The number of piperidine rings is 1. The van der Waals surface area contributed by atoms with E-state index >= 15 is 0 Å². The van der Waals surface area contributed by atoms with Crippen LogP contribution in [0.2, 0.25) is 0 Å². The van der Waals surface area contributed by atoms with Crippen molar-refractivity contribution in [3.63, 3.8) is 0 Å². The number of nitrogens with zero attached hydrogens (tertiary/aromatic N) is 4. The standard InChI is InChI=1S/C20H26N6O/c21-14-17-18(24-20(23)25-19(17)22)15-7-6-8-16(13-15)27-12-5-4-11-26-9-2-1-3-10-26/h6-8,13H,1-5,9-12H2,(H4,22,23,24,25). The minimum absolute atomic E-state index is 0.0468. The number of nitrogens with two attached hydrogens (primary N) is 2. The molecule has 0 saturated carbocycles. The van der Waals surface area contributed by atoms with E-state index in [0.29, 0.717) is 12.3 Å². The van der Waals surface area contributed by atoms with E-state index in [9.17, 15) is 5.26 Å². The van der Waals surface area contributed by atoms with E-state index in [4.69, 9.17) is 16.2 Å². The molecule has 142 valence electrons. The number of hydrogen-bond donors (Lipinski definition) is 2. The molecule has 0 spiro atoms. The zero-order chi connectivity index (χ0) is 19.1. The highest BCUT2D eigenvalue weighted by Gasteiger charge is 2.14. The molecule has 2 heterocycles. The van der Waals surface area contributed by atoms with E-state index < -0.39 is 0 Å². The number of unbranched alkanes of at least 4 members (excludes halogenated alkanes) is 1. The molecule has 7 heteroatoms. The van der Waals surface area contributed by atoms with Crippen LogP contribution < -0.4 is 16.2 Å². The highest BCUT2D eigenvalue weighted by atomic mass is 16.5. The third kappa shape index (κ3) is 5.08. The molecule has 0 aliphatic carbocycles. The lowest BCUT2D eigenvalue weighted by molar-refractivity contribution is 0.216. The van der Waals surface area contributed by atoms with Crippen molar-refractivity contribution in [2.75, 3.05) is 37.7 Å². The molecule has 2 aromatic rings. The SMILES string of the molecule is N#Cc1c(N)nc(N)nc1-c1cccc(OCCCCN2CCCCC2)c1. The smallest absolute Gasteiger partial charge is 0.222 e. The Kier molecular flexibility index (Phi) is 6.44. The zero-order valence-corrected chi connectivity index (χ0v) is 15.5. The molecule has 0 bridgehead atoms. The first-order valence-electron chi connectivity index (χ1n) is 9.46. The minimum Gasteiger partial charge on any atom is -0.494 e. The minimum atomic E-state index is 0.0468. The van der Waals surface area contributed by atoms with Crippen LogP contribution in [0.25, 0.3) is 11.3 Å². The Morgan fingerprint density at radius 2 is 1.93 bits per heavy atom. The van der Waals surface area contributed by atoms with Gasteiger partial charge in [0.1, 0.15) is 23.2 Å². The van der Waals surface area contributed by atoms with Crippen LogP contribution >= 0.6 is 0 Å². The number of aromatic nitrogens is 2. The summed E-state index contributed by atoms with van der Waals surface area (Å²) in [6, 6.07) is 9.52. The second-order valence-corrected chi connectivity index (χ2v) is 6.79. The van der Waals surface area contributed by atoms with Crippen LogP contribution in [-0.4, -0.2) is 41.1 Å². The van der Waals surface area contributed by atoms with E-state index in [2.05, 4.69) is 14.9 Å². The second kappa shape index (κ2) is 9.19. The average Bonchev–Trinajstić information content (AvgIpc) is 2.68. The fraction of sp³-hybridized carbons (Fsp3) is 0.450. The summed E-state index contributed by atoms with van der Waals surface area (Å²) in [4.78, 5) is 10.6. The van der Waals surface area contributed by atoms with Crippen LogP contribution in [0, 0.1) is 11.3 Å². The van der Waals surface area contributed by atoms with E-state index in [1.165, 1.54) is 32.4 Å². The molecular formula is C20H26N6O. The average molecular weight is 366 g/mol.